The van der Waals surface area contributed by atoms with Gasteiger partial charge < -0.3 is 24.2 Å². The lowest BCUT2D eigenvalue weighted by atomic mass is 9.84. The number of carbonyl (C=O) groups excluding carboxylic acids is 2. The number of rotatable bonds is 8. The van der Waals surface area contributed by atoms with Crippen molar-refractivity contribution >= 4 is 17.4 Å². The second-order valence-electron chi connectivity index (χ2n) is 10.6. The quantitative estimate of drug-likeness (QED) is 0.225. The maximum absolute atomic E-state index is 13.5. The van der Waals surface area contributed by atoms with Crippen molar-refractivity contribution in [3.05, 3.63) is 94.6 Å². The van der Waals surface area contributed by atoms with Gasteiger partial charge in [-0.15, -0.1) is 0 Å². The van der Waals surface area contributed by atoms with Crippen LogP contribution in [0.3, 0.4) is 0 Å². The molecule has 7 nitrogen and oxygen atoms in total. The highest BCUT2D eigenvalue weighted by Gasteiger charge is 2.46. The van der Waals surface area contributed by atoms with Gasteiger partial charge in [0.15, 0.2) is 0 Å². The molecule has 1 unspecified atom stereocenters. The highest BCUT2D eigenvalue weighted by molar-refractivity contribution is 6.46. The molecule has 1 atom stereocenters. The molecule has 7 heteroatoms. The zero-order chi connectivity index (χ0) is 28.3. The van der Waals surface area contributed by atoms with E-state index in [9.17, 15) is 14.7 Å². The SMILES string of the molecule is COc1ccc(OCCN2C(=O)C(=O)/C(=C(/O)c3cc(C(C)(C)C)ccc3C)C2c2cccc(OC)c2)cc1. The molecule has 1 aliphatic rings. The maximum Gasteiger partial charge on any atom is 0.295 e. The molecule has 3 aromatic rings. The van der Waals surface area contributed by atoms with Crippen LogP contribution in [-0.2, 0) is 15.0 Å². The number of hydrogen-bond acceptors (Lipinski definition) is 6. The Bertz CT molecular complexity index is 1400. The third-order valence-electron chi connectivity index (χ3n) is 6.97. The number of amides is 1. The summed E-state index contributed by atoms with van der Waals surface area (Å²) in [6, 6.07) is 19.3. The average molecular weight is 530 g/mol. The van der Waals surface area contributed by atoms with Gasteiger partial charge in [-0.1, -0.05) is 45.0 Å². The minimum atomic E-state index is -0.808. The second-order valence-corrected chi connectivity index (χ2v) is 10.6. The topological polar surface area (TPSA) is 85.3 Å². The van der Waals surface area contributed by atoms with Crippen molar-refractivity contribution in [2.24, 2.45) is 0 Å². The molecule has 1 amide bonds. The lowest BCUT2D eigenvalue weighted by molar-refractivity contribution is -0.140. The molecule has 1 heterocycles. The predicted octanol–water partition coefficient (Wildman–Crippen LogP) is 5.81. The molecule has 3 aromatic carbocycles. The average Bonchev–Trinajstić information content (AvgIpc) is 3.17. The number of likely N-dealkylation sites (tertiary alicyclic amines) is 1. The van der Waals surface area contributed by atoms with E-state index in [-0.39, 0.29) is 29.9 Å². The van der Waals surface area contributed by atoms with Crippen LogP contribution in [0.2, 0.25) is 0 Å². The van der Waals surface area contributed by atoms with E-state index in [0.717, 1.165) is 11.1 Å². The van der Waals surface area contributed by atoms with Gasteiger partial charge in [0.1, 0.15) is 29.6 Å². The fourth-order valence-corrected chi connectivity index (χ4v) is 4.69. The fourth-order valence-electron chi connectivity index (χ4n) is 4.69. The molecule has 0 bridgehead atoms. The molecule has 0 radical (unpaired) electrons. The summed E-state index contributed by atoms with van der Waals surface area (Å²) < 4.78 is 16.5. The lowest BCUT2D eigenvalue weighted by Crippen LogP contribution is -2.33. The van der Waals surface area contributed by atoms with Crippen LogP contribution in [0.15, 0.2) is 72.3 Å². The summed E-state index contributed by atoms with van der Waals surface area (Å²) in [4.78, 5) is 28.3. The Morgan fingerprint density at radius 1 is 0.897 bits per heavy atom. The summed E-state index contributed by atoms with van der Waals surface area (Å²) in [5, 5.41) is 11.6. The number of ketones is 1. The Morgan fingerprint density at radius 2 is 1.56 bits per heavy atom. The molecule has 0 spiro atoms. The number of nitrogens with zero attached hydrogens (tertiary/aromatic N) is 1. The molecular formula is C32H35NO6. The molecule has 1 fully saturated rings. The first kappa shape index (κ1) is 27.8. The van der Waals surface area contributed by atoms with Gasteiger partial charge in [0.05, 0.1) is 32.4 Å². The summed E-state index contributed by atoms with van der Waals surface area (Å²) in [5.41, 5.74) is 2.88. The number of carbonyl (C=O) groups is 2. The highest BCUT2D eigenvalue weighted by Crippen LogP contribution is 2.41. The van der Waals surface area contributed by atoms with E-state index in [0.29, 0.717) is 28.4 Å². The molecule has 0 aliphatic carbocycles. The summed E-state index contributed by atoms with van der Waals surface area (Å²) in [5.74, 6) is 0.288. The van der Waals surface area contributed by atoms with E-state index >= 15 is 0 Å². The Hall–Kier alpha value is -4.26. The van der Waals surface area contributed by atoms with Crippen LogP contribution in [0, 0.1) is 6.92 Å². The molecule has 0 saturated carbocycles. The minimum absolute atomic E-state index is 0.0480. The number of ether oxygens (including phenoxy) is 3. The highest BCUT2D eigenvalue weighted by atomic mass is 16.5. The summed E-state index contributed by atoms with van der Waals surface area (Å²) in [6.45, 7) is 8.41. The normalized spacial score (nSPS) is 16.9. The Labute approximate surface area is 229 Å². The van der Waals surface area contributed by atoms with E-state index in [4.69, 9.17) is 14.2 Å². The van der Waals surface area contributed by atoms with Gasteiger partial charge in [0.2, 0.25) is 0 Å². The maximum atomic E-state index is 13.5. The summed E-state index contributed by atoms with van der Waals surface area (Å²) >= 11 is 0. The van der Waals surface area contributed by atoms with E-state index in [2.05, 4.69) is 20.8 Å². The van der Waals surface area contributed by atoms with Crippen molar-refractivity contribution < 1.29 is 28.9 Å². The Balaban J connectivity index is 1.75. The molecule has 1 aliphatic heterocycles. The van der Waals surface area contributed by atoms with Gasteiger partial charge >= 0.3 is 0 Å². The third-order valence-corrected chi connectivity index (χ3v) is 6.97. The summed E-state index contributed by atoms with van der Waals surface area (Å²) in [6.07, 6.45) is 0. The summed E-state index contributed by atoms with van der Waals surface area (Å²) in [7, 11) is 3.14. The monoisotopic (exact) mass is 529 g/mol. The van der Waals surface area contributed by atoms with Crippen molar-refractivity contribution in [1.82, 2.24) is 4.90 Å². The first-order valence-electron chi connectivity index (χ1n) is 12.9. The molecular weight excluding hydrogens is 494 g/mol. The standard InChI is InChI=1S/C32H35NO6/c1-20-10-11-22(32(2,3)4)19-26(20)29(34)27-28(21-8-7-9-25(18-21)38-6)33(31(36)30(27)35)16-17-39-24-14-12-23(37-5)13-15-24/h7-15,18-19,28,34H,16-17H2,1-6H3/b29-27+. The van der Waals surface area contributed by atoms with Gasteiger partial charge in [0, 0.05) is 5.56 Å². The number of methoxy groups -OCH3 is 2. The van der Waals surface area contributed by atoms with Crippen molar-refractivity contribution in [3.8, 4) is 17.2 Å². The molecule has 0 aromatic heterocycles. The second kappa shape index (κ2) is 11.2. The van der Waals surface area contributed by atoms with Gasteiger partial charge in [-0.05, 0) is 71.5 Å². The minimum Gasteiger partial charge on any atom is -0.507 e. The van der Waals surface area contributed by atoms with Crippen molar-refractivity contribution in [1.29, 1.82) is 0 Å². The fraction of sp³-hybridized carbons (Fsp3) is 0.312. The van der Waals surface area contributed by atoms with E-state index in [1.54, 1.807) is 56.7 Å². The number of Topliss-reactive ketones (excluding diaryl/α,β-unsaturated/α-hetero) is 1. The van der Waals surface area contributed by atoms with Crippen LogP contribution >= 0.6 is 0 Å². The number of aliphatic hydroxyl groups is 1. The Kier molecular flexibility index (Phi) is 8.00. The van der Waals surface area contributed by atoms with Crippen LogP contribution in [-0.4, -0.2) is 49.1 Å². The van der Waals surface area contributed by atoms with Gasteiger partial charge in [-0.25, -0.2) is 0 Å². The van der Waals surface area contributed by atoms with Crippen molar-refractivity contribution in [3.63, 3.8) is 0 Å². The first-order chi connectivity index (χ1) is 18.5. The van der Waals surface area contributed by atoms with Gasteiger partial charge in [-0.2, -0.15) is 0 Å². The van der Waals surface area contributed by atoms with E-state index < -0.39 is 17.7 Å². The first-order valence-corrected chi connectivity index (χ1v) is 12.9. The van der Waals surface area contributed by atoms with Crippen LogP contribution in [0.5, 0.6) is 17.2 Å². The lowest BCUT2D eigenvalue weighted by Gasteiger charge is -2.26. The van der Waals surface area contributed by atoms with Gasteiger partial charge in [-0.3, -0.25) is 9.59 Å². The number of aliphatic hydroxyl groups excluding tert-OH is 1. The van der Waals surface area contributed by atoms with Gasteiger partial charge in [0.25, 0.3) is 11.7 Å². The molecule has 1 saturated heterocycles. The number of benzene rings is 3. The molecule has 1 N–H and O–H groups in total. The van der Waals surface area contributed by atoms with E-state index in [1.807, 2.05) is 31.2 Å². The van der Waals surface area contributed by atoms with Crippen LogP contribution in [0.4, 0.5) is 0 Å². The zero-order valence-corrected chi connectivity index (χ0v) is 23.3. The van der Waals surface area contributed by atoms with Crippen molar-refractivity contribution in [2.75, 3.05) is 27.4 Å². The number of hydrogen-bond donors (Lipinski definition) is 1. The van der Waals surface area contributed by atoms with Crippen molar-refractivity contribution in [2.45, 2.75) is 39.2 Å². The molecule has 204 valence electrons. The molecule has 4 rings (SSSR count). The number of aryl methyl sites for hydroxylation is 1. The predicted molar refractivity (Wildman–Crippen MR) is 150 cm³/mol. The van der Waals surface area contributed by atoms with Crippen LogP contribution in [0.25, 0.3) is 5.76 Å². The van der Waals surface area contributed by atoms with Crippen LogP contribution < -0.4 is 14.2 Å². The smallest absolute Gasteiger partial charge is 0.295 e. The third kappa shape index (κ3) is 5.77. The zero-order valence-electron chi connectivity index (χ0n) is 23.3. The molecule has 39 heavy (non-hydrogen) atoms. The van der Waals surface area contributed by atoms with E-state index in [1.165, 1.54) is 4.90 Å². The van der Waals surface area contributed by atoms with Crippen LogP contribution in [0.1, 0.15) is 49.1 Å². The Morgan fingerprint density at radius 3 is 2.21 bits per heavy atom. The largest absolute Gasteiger partial charge is 0.507 e.